The number of hydrogen-bond acceptors (Lipinski definition) is 6. The Morgan fingerprint density at radius 1 is 0.609 bits per heavy atom. The summed E-state index contributed by atoms with van der Waals surface area (Å²) in [4.78, 5) is 14.0. The first kappa shape index (κ1) is 45.3. The minimum Gasteiger partial charge on any atom is -0.389 e. The molecule has 0 heterocycles. The van der Waals surface area contributed by atoms with E-state index >= 15 is 0 Å². The van der Waals surface area contributed by atoms with Crippen molar-refractivity contribution < 1.29 is 32.7 Å². The summed E-state index contributed by atoms with van der Waals surface area (Å²) in [7, 11) is -4.29. The number of hydrogen-bond donors (Lipinski definition) is 3. The van der Waals surface area contributed by atoms with Gasteiger partial charge < -0.3 is 19.8 Å². The number of carbonyl (C=O) groups is 1. The zero-order valence-corrected chi connectivity index (χ0v) is 30.9. The lowest BCUT2D eigenvalue weighted by molar-refractivity contribution is -0.142. The average Bonchev–Trinajstić information content (AvgIpc) is 3.02. The highest BCUT2D eigenvalue weighted by atomic mass is 32.2. The fourth-order valence-electron chi connectivity index (χ4n) is 5.96. The van der Waals surface area contributed by atoms with Gasteiger partial charge in [-0.15, -0.1) is 0 Å². The van der Waals surface area contributed by atoms with Crippen LogP contribution in [0.3, 0.4) is 0 Å². The molecule has 8 nitrogen and oxygen atoms in total. The summed E-state index contributed by atoms with van der Waals surface area (Å²) in [6, 6.07) is 0. The maximum Gasteiger partial charge on any atom is 0.266 e. The molecule has 0 fully saturated rings. The average molecular weight is 678 g/mol. The Hall–Kier alpha value is -0.740. The highest BCUT2D eigenvalue weighted by Gasteiger charge is 2.25. The smallest absolute Gasteiger partial charge is 0.266 e. The SMILES string of the molecule is CCCCCCCCCCCCCCCCOCC(O)CN(CCS(=O)(=O)O)C(=O)C(O)CCCCCCCCCCCCCC. The Balaban J connectivity index is 4.06. The van der Waals surface area contributed by atoms with Crippen molar-refractivity contribution in [1.82, 2.24) is 4.90 Å². The lowest BCUT2D eigenvalue weighted by atomic mass is 10.0. The maximum atomic E-state index is 12.9. The molecule has 0 radical (unpaired) electrons. The van der Waals surface area contributed by atoms with E-state index in [0.717, 1.165) is 37.0 Å². The summed E-state index contributed by atoms with van der Waals surface area (Å²) in [6.07, 6.45) is 30.2. The number of aliphatic hydroxyl groups excluding tert-OH is 2. The molecule has 0 saturated heterocycles. The first-order valence-electron chi connectivity index (χ1n) is 19.4. The second kappa shape index (κ2) is 32.8. The Morgan fingerprint density at radius 3 is 1.37 bits per heavy atom. The van der Waals surface area contributed by atoms with Crippen LogP contribution >= 0.6 is 0 Å². The molecule has 0 aromatic heterocycles. The van der Waals surface area contributed by atoms with Gasteiger partial charge in [0.1, 0.15) is 6.10 Å². The van der Waals surface area contributed by atoms with E-state index in [1.165, 1.54) is 128 Å². The Kier molecular flexibility index (Phi) is 32.3. The molecule has 276 valence electrons. The summed E-state index contributed by atoms with van der Waals surface area (Å²) in [5.41, 5.74) is 0. The molecule has 2 unspecified atom stereocenters. The van der Waals surface area contributed by atoms with Gasteiger partial charge >= 0.3 is 0 Å². The van der Waals surface area contributed by atoms with Crippen LogP contribution in [0.4, 0.5) is 0 Å². The van der Waals surface area contributed by atoms with Crippen LogP contribution in [0.5, 0.6) is 0 Å². The topological polar surface area (TPSA) is 124 Å². The minimum atomic E-state index is -4.29. The largest absolute Gasteiger partial charge is 0.389 e. The number of unbranched alkanes of at least 4 members (excludes halogenated alkanes) is 24. The van der Waals surface area contributed by atoms with Crippen molar-refractivity contribution in [2.75, 3.05) is 32.1 Å². The second-order valence-electron chi connectivity index (χ2n) is 13.6. The van der Waals surface area contributed by atoms with Gasteiger partial charge in [-0.05, 0) is 12.8 Å². The first-order chi connectivity index (χ1) is 22.2. The Morgan fingerprint density at radius 2 is 0.978 bits per heavy atom. The molecule has 0 rings (SSSR count). The van der Waals surface area contributed by atoms with Crippen LogP contribution in [0.15, 0.2) is 0 Å². The van der Waals surface area contributed by atoms with Gasteiger partial charge in [-0.2, -0.15) is 8.42 Å². The number of ether oxygens (including phenoxy) is 1. The fourth-order valence-corrected chi connectivity index (χ4v) is 6.41. The number of amides is 1. The molecule has 0 aromatic carbocycles. The van der Waals surface area contributed by atoms with Gasteiger partial charge in [-0.25, -0.2) is 0 Å². The van der Waals surface area contributed by atoms with Crippen molar-refractivity contribution in [3.8, 4) is 0 Å². The molecule has 3 N–H and O–H groups in total. The number of rotatable bonds is 36. The van der Waals surface area contributed by atoms with Crippen LogP contribution < -0.4 is 0 Å². The second-order valence-corrected chi connectivity index (χ2v) is 15.2. The van der Waals surface area contributed by atoms with Crippen LogP contribution in [0, 0.1) is 0 Å². The highest BCUT2D eigenvalue weighted by molar-refractivity contribution is 7.85. The fraction of sp³-hybridized carbons (Fsp3) is 0.973. The molecule has 0 aromatic rings. The van der Waals surface area contributed by atoms with E-state index in [0.29, 0.717) is 19.4 Å². The number of nitrogens with zero attached hydrogens (tertiary/aromatic N) is 1. The van der Waals surface area contributed by atoms with Crippen LogP contribution in [-0.2, 0) is 19.6 Å². The van der Waals surface area contributed by atoms with Crippen LogP contribution in [0.2, 0.25) is 0 Å². The zero-order valence-electron chi connectivity index (χ0n) is 30.1. The highest BCUT2D eigenvalue weighted by Crippen LogP contribution is 2.15. The monoisotopic (exact) mass is 678 g/mol. The molecule has 2 atom stereocenters. The van der Waals surface area contributed by atoms with Crippen molar-refractivity contribution in [2.45, 2.75) is 199 Å². The molecule has 9 heteroatoms. The molecule has 0 spiro atoms. The molecule has 0 aliphatic rings. The van der Waals surface area contributed by atoms with Crippen molar-refractivity contribution in [3.63, 3.8) is 0 Å². The maximum absolute atomic E-state index is 12.9. The number of carbonyl (C=O) groups excluding carboxylic acids is 1. The lowest BCUT2D eigenvalue weighted by Gasteiger charge is -2.27. The third kappa shape index (κ3) is 31.8. The van der Waals surface area contributed by atoms with Crippen molar-refractivity contribution in [3.05, 3.63) is 0 Å². The van der Waals surface area contributed by atoms with Gasteiger partial charge in [-0.3, -0.25) is 9.35 Å². The van der Waals surface area contributed by atoms with E-state index in [9.17, 15) is 28.0 Å². The molecule has 0 bridgehead atoms. The predicted molar refractivity (Wildman–Crippen MR) is 192 cm³/mol. The molecule has 46 heavy (non-hydrogen) atoms. The van der Waals surface area contributed by atoms with E-state index in [1.54, 1.807) is 0 Å². The zero-order chi connectivity index (χ0) is 34.1. The van der Waals surface area contributed by atoms with Crippen molar-refractivity contribution in [1.29, 1.82) is 0 Å². The normalized spacial score (nSPS) is 13.2. The molecular formula is C37H75NO7S. The van der Waals surface area contributed by atoms with E-state index in [2.05, 4.69) is 13.8 Å². The van der Waals surface area contributed by atoms with Gasteiger partial charge in [-0.1, -0.05) is 174 Å². The predicted octanol–water partition coefficient (Wildman–Crippen LogP) is 9.01. The summed E-state index contributed by atoms with van der Waals surface area (Å²) in [6.45, 7) is 4.61. The molecule has 0 aliphatic heterocycles. The summed E-state index contributed by atoms with van der Waals surface area (Å²) < 4.78 is 37.4. The Labute approximate surface area is 284 Å². The van der Waals surface area contributed by atoms with Gasteiger partial charge in [0, 0.05) is 19.7 Å². The molecule has 0 saturated carbocycles. The van der Waals surface area contributed by atoms with E-state index in [4.69, 9.17) is 4.74 Å². The van der Waals surface area contributed by atoms with E-state index < -0.39 is 34.0 Å². The van der Waals surface area contributed by atoms with Gasteiger partial charge in [0.15, 0.2) is 0 Å². The molecule has 1 amide bonds. The lowest BCUT2D eigenvalue weighted by Crippen LogP contribution is -2.46. The summed E-state index contributed by atoms with van der Waals surface area (Å²) in [5, 5.41) is 21.0. The van der Waals surface area contributed by atoms with Gasteiger partial charge in [0.25, 0.3) is 16.0 Å². The van der Waals surface area contributed by atoms with Crippen LogP contribution in [-0.4, -0.2) is 78.3 Å². The van der Waals surface area contributed by atoms with Gasteiger partial charge in [0.05, 0.1) is 18.5 Å². The van der Waals surface area contributed by atoms with Gasteiger partial charge in [0.2, 0.25) is 0 Å². The minimum absolute atomic E-state index is 0.0307. The molecule has 0 aliphatic carbocycles. The van der Waals surface area contributed by atoms with E-state index in [-0.39, 0.29) is 19.7 Å². The third-order valence-corrected chi connectivity index (χ3v) is 9.63. The standard InChI is InChI=1S/C37H75NO7S/c1-3-5-7-9-11-13-15-17-18-20-22-24-26-28-31-45-34-35(39)33-38(30-32-46(42,43)44)37(41)36(40)29-27-25-23-21-19-16-14-12-10-8-6-4-2/h35-36,39-40H,3-34H2,1-2H3,(H,42,43,44). The number of aliphatic hydroxyl groups is 2. The van der Waals surface area contributed by atoms with E-state index in [1.807, 2.05) is 0 Å². The first-order valence-corrected chi connectivity index (χ1v) is 21.0. The third-order valence-electron chi connectivity index (χ3n) is 8.93. The molecular weight excluding hydrogens is 602 g/mol. The van der Waals surface area contributed by atoms with Crippen molar-refractivity contribution in [2.24, 2.45) is 0 Å². The van der Waals surface area contributed by atoms with Crippen LogP contribution in [0.1, 0.15) is 187 Å². The van der Waals surface area contributed by atoms with Crippen LogP contribution in [0.25, 0.3) is 0 Å². The quantitative estimate of drug-likeness (QED) is 0.0446. The summed E-state index contributed by atoms with van der Waals surface area (Å²) >= 11 is 0. The van der Waals surface area contributed by atoms with Crippen molar-refractivity contribution >= 4 is 16.0 Å². The Bertz CT molecular complexity index is 765. The summed E-state index contributed by atoms with van der Waals surface area (Å²) in [5.74, 6) is -1.26.